The van der Waals surface area contributed by atoms with Crippen LogP contribution >= 0.6 is 0 Å². The van der Waals surface area contributed by atoms with Crippen LogP contribution in [0.3, 0.4) is 0 Å². The fraction of sp³-hybridized carbons (Fsp3) is 0.667. The Morgan fingerprint density at radius 3 is 2.52 bits per heavy atom. The van der Waals surface area contributed by atoms with Gasteiger partial charge >= 0.3 is 0 Å². The molecule has 1 fully saturated rings. The second kappa shape index (κ2) is 7.28. The van der Waals surface area contributed by atoms with E-state index in [1.54, 1.807) is 0 Å². The van der Waals surface area contributed by atoms with Crippen molar-refractivity contribution in [3.05, 3.63) is 29.8 Å². The first-order valence-electron chi connectivity index (χ1n) is 8.07. The molecule has 2 rings (SSSR count). The minimum atomic E-state index is 0.145. The van der Waals surface area contributed by atoms with Crippen LogP contribution in [0.5, 0.6) is 5.75 Å². The molecule has 3 nitrogen and oxygen atoms in total. The molecule has 0 saturated carbocycles. The number of hydrogen-bond acceptors (Lipinski definition) is 3. The number of rotatable bonds is 5. The summed E-state index contributed by atoms with van der Waals surface area (Å²) in [7, 11) is 0. The molecule has 3 heteroatoms. The Bertz CT molecular complexity index is 422. The second-order valence-electron chi connectivity index (χ2n) is 7.09. The van der Waals surface area contributed by atoms with Gasteiger partial charge in [0, 0.05) is 13.1 Å². The molecular weight excluding hydrogens is 262 g/mol. The van der Waals surface area contributed by atoms with E-state index in [9.17, 15) is 0 Å². The van der Waals surface area contributed by atoms with Crippen LogP contribution in [0.2, 0.25) is 0 Å². The van der Waals surface area contributed by atoms with Crippen LogP contribution in [-0.2, 0) is 4.74 Å². The van der Waals surface area contributed by atoms with Gasteiger partial charge in [0.15, 0.2) is 0 Å². The average molecular weight is 291 g/mol. The first kappa shape index (κ1) is 16.3. The van der Waals surface area contributed by atoms with Gasteiger partial charge in [-0.2, -0.15) is 0 Å². The van der Waals surface area contributed by atoms with Gasteiger partial charge in [-0.25, -0.2) is 0 Å². The Kier molecular flexibility index (Phi) is 5.65. The van der Waals surface area contributed by atoms with Crippen molar-refractivity contribution in [3.8, 4) is 5.75 Å². The standard InChI is InChI=1S/C18H29NO2/c1-5-10-20-15-8-6-14(7-9-15)17-13-19-12-16(21-17)11-18(2,3)4/h6-9,16-17,19H,5,10-13H2,1-4H3. The van der Waals surface area contributed by atoms with E-state index in [0.29, 0.717) is 11.5 Å². The van der Waals surface area contributed by atoms with E-state index in [2.05, 4.69) is 45.1 Å². The smallest absolute Gasteiger partial charge is 0.119 e. The molecule has 118 valence electrons. The molecule has 0 amide bonds. The highest BCUT2D eigenvalue weighted by Crippen LogP contribution is 2.29. The van der Waals surface area contributed by atoms with Gasteiger partial charge in [-0.05, 0) is 36.0 Å². The number of benzene rings is 1. The van der Waals surface area contributed by atoms with Crippen LogP contribution in [0.15, 0.2) is 24.3 Å². The van der Waals surface area contributed by atoms with Crippen molar-refractivity contribution in [2.45, 2.75) is 52.7 Å². The Labute approximate surface area is 129 Å². The fourth-order valence-electron chi connectivity index (χ4n) is 2.70. The van der Waals surface area contributed by atoms with Crippen molar-refractivity contribution in [2.75, 3.05) is 19.7 Å². The minimum absolute atomic E-state index is 0.145. The van der Waals surface area contributed by atoms with Gasteiger partial charge in [0.25, 0.3) is 0 Å². The molecule has 1 N–H and O–H groups in total. The molecule has 0 bridgehead atoms. The molecule has 1 aromatic carbocycles. The number of morpholine rings is 1. The summed E-state index contributed by atoms with van der Waals surface area (Å²) in [6, 6.07) is 8.33. The van der Waals surface area contributed by atoms with E-state index in [4.69, 9.17) is 9.47 Å². The van der Waals surface area contributed by atoms with Crippen LogP contribution < -0.4 is 10.1 Å². The molecule has 1 aliphatic heterocycles. The van der Waals surface area contributed by atoms with E-state index in [1.165, 1.54) is 5.56 Å². The number of ether oxygens (including phenoxy) is 2. The molecule has 1 saturated heterocycles. The van der Waals surface area contributed by atoms with Gasteiger partial charge in [-0.1, -0.05) is 39.8 Å². The summed E-state index contributed by atoms with van der Waals surface area (Å²) in [5.41, 5.74) is 1.52. The molecule has 2 atom stereocenters. The summed E-state index contributed by atoms with van der Waals surface area (Å²) in [4.78, 5) is 0. The summed E-state index contributed by atoms with van der Waals surface area (Å²) < 4.78 is 11.9. The van der Waals surface area contributed by atoms with Gasteiger partial charge in [-0.3, -0.25) is 0 Å². The van der Waals surface area contributed by atoms with Crippen molar-refractivity contribution in [3.63, 3.8) is 0 Å². The second-order valence-corrected chi connectivity index (χ2v) is 7.09. The summed E-state index contributed by atoms with van der Waals surface area (Å²) in [5, 5.41) is 3.50. The predicted octanol–water partition coefficient (Wildman–Crippen LogP) is 3.94. The van der Waals surface area contributed by atoms with Crippen LogP contribution in [0.4, 0.5) is 0 Å². The van der Waals surface area contributed by atoms with Gasteiger partial charge in [0.05, 0.1) is 18.8 Å². The van der Waals surface area contributed by atoms with Crippen LogP contribution in [0.25, 0.3) is 0 Å². The van der Waals surface area contributed by atoms with E-state index in [0.717, 1.165) is 38.3 Å². The third-order valence-electron chi connectivity index (χ3n) is 3.62. The third kappa shape index (κ3) is 5.33. The molecule has 1 aromatic rings. The average Bonchev–Trinajstić information content (AvgIpc) is 2.44. The Hall–Kier alpha value is -1.06. The lowest BCUT2D eigenvalue weighted by atomic mass is 9.88. The van der Waals surface area contributed by atoms with Gasteiger partial charge in [-0.15, -0.1) is 0 Å². The zero-order valence-electron chi connectivity index (χ0n) is 13.8. The highest BCUT2D eigenvalue weighted by atomic mass is 16.5. The molecule has 2 unspecified atom stereocenters. The molecule has 0 aliphatic carbocycles. The zero-order chi connectivity index (χ0) is 15.3. The van der Waals surface area contributed by atoms with Crippen LogP contribution in [0.1, 0.15) is 52.2 Å². The summed E-state index contributed by atoms with van der Waals surface area (Å²) >= 11 is 0. The largest absolute Gasteiger partial charge is 0.494 e. The lowest BCUT2D eigenvalue weighted by Crippen LogP contribution is -2.42. The molecule has 1 heterocycles. The van der Waals surface area contributed by atoms with Crippen molar-refractivity contribution in [1.82, 2.24) is 5.32 Å². The summed E-state index contributed by atoms with van der Waals surface area (Å²) in [6.45, 7) is 11.5. The SMILES string of the molecule is CCCOc1ccc(C2CNCC(CC(C)(C)C)O2)cc1. The lowest BCUT2D eigenvalue weighted by Gasteiger charge is -2.34. The molecule has 21 heavy (non-hydrogen) atoms. The van der Waals surface area contributed by atoms with Gasteiger partial charge in [0.2, 0.25) is 0 Å². The predicted molar refractivity (Wildman–Crippen MR) is 86.8 cm³/mol. The Morgan fingerprint density at radius 1 is 1.19 bits per heavy atom. The van der Waals surface area contributed by atoms with Crippen molar-refractivity contribution >= 4 is 0 Å². The number of nitrogens with one attached hydrogen (secondary N) is 1. The van der Waals surface area contributed by atoms with Gasteiger partial charge < -0.3 is 14.8 Å². The third-order valence-corrected chi connectivity index (χ3v) is 3.62. The summed E-state index contributed by atoms with van der Waals surface area (Å²) in [6.07, 6.45) is 2.55. The van der Waals surface area contributed by atoms with E-state index in [1.807, 2.05) is 12.1 Å². The quantitative estimate of drug-likeness (QED) is 0.891. The van der Waals surface area contributed by atoms with Crippen molar-refractivity contribution < 1.29 is 9.47 Å². The molecular formula is C18H29NO2. The fourth-order valence-corrected chi connectivity index (χ4v) is 2.70. The molecule has 0 aromatic heterocycles. The van der Waals surface area contributed by atoms with Crippen LogP contribution in [-0.4, -0.2) is 25.8 Å². The highest BCUT2D eigenvalue weighted by Gasteiger charge is 2.26. The first-order chi connectivity index (χ1) is 9.98. The van der Waals surface area contributed by atoms with Crippen molar-refractivity contribution in [1.29, 1.82) is 0 Å². The maximum atomic E-state index is 6.27. The van der Waals surface area contributed by atoms with E-state index >= 15 is 0 Å². The highest BCUT2D eigenvalue weighted by molar-refractivity contribution is 5.29. The van der Waals surface area contributed by atoms with Gasteiger partial charge in [0.1, 0.15) is 5.75 Å². The van der Waals surface area contributed by atoms with E-state index < -0.39 is 0 Å². The molecule has 0 spiro atoms. The Morgan fingerprint density at radius 2 is 1.90 bits per heavy atom. The van der Waals surface area contributed by atoms with E-state index in [-0.39, 0.29) is 6.10 Å². The molecule has 0 radical (unpaired) electrons. The maximum Gasteiger partial charge on any atom is 0.119 e. The lowest BCUT2D eigenvalue weighted by molar-refractivity contribution is -0.0552. The maximum absolute atomic E-state index is 6.27. The summed E-state index contributed by atoms with van der Waals surface area (Å²) in [5.74, 6) is 0.940. The normalized spacial score (nSPS) is 23.0. The molecule has 1 aliphatic rings. The van der Waals surface area contributed by atoms with Crippen LogP contribution in [0, 0.1) is 5.41 Å². The minimum Gasteiger partial charge on any atom is -0.494 e. The van der Waals surface area contributed by atoms with Crippen molar-refractivity contribution in [2.24, 2.45) is 5.41 Å². The monoisotopic (exact) mass is 291 g/mol. The number of hydrogen-bond donors (Lipinski definition) is 1. The zero-order valence-corrected chi connectivity index (χ0v) is 13.8. The topological polar surface area (TPSA) is 30.5 Å². The Balaban J connectivity index is 1.94. The first-order valence-corrected chi connectivity index (χ1v) is 8.07.